The van der Waals surface area contributed by atoms with E-state index in [0.29, 0.717) is 13.0 Å². The van der Waals surface area contributed by atoms with Crippen molar-refractivity contribution in [3.63, 3.8) is 0 Å². The summed E-state index contributed by atoms with van der Waals surface area (Å²) in [5, 5.41) is 12.4. The van der Waals surface area contributed by atoms with E-state index in [-0.39, 0.29) is 18.4 Å². The summed E-state index contributed by atoms with van der Waals surface area (Å²) in [5.74, 6) is 0.392. The molecule has 1 saturated heterocycles. The molecule has 0 spiro atoms. The molecule has 5 heteroatoms. The van der Waals surface area contributed by atoms with Crippen molar-refractivity contribution in [1.29, 1.82) is 0 Å². The van der Waals surface area contributed by atoms with Gasteiger partial charge in [0.2, 0.25) is 5.91 Å². The summed E-state index contributed by atoms with van der Waals surface area (Å²) in [7, 11) is 0. The molecule has 1 aromatic heterocycles. The first-order valence-corrected chi connectivity index (χ1v) is 8.94. The third kappa shape index (κ3) is 3.98. The number of nitrogens with zero attached hydrogens (tertiary/aromatic N) is 2. The minimum absolute atomic E-state index is 0.153. The number of likely N-dealkylation sites (tertiary alicyclic amines) is 1. The number of hydrogen-bond acceptors (Lipinski definition) is 4. The normalized spacial score (nSPS) is 18.2. The maximum absolute atomic E-state index is 12.4. The van der Waals surface area contributed by atoms with Gasteiger partial charge in [0.1, 0.15) is 0 Å². The van der Waals surface area contributed by atoms with Gasteiger partial charge < -0.3 is 10.0 Å². The van der Waals surface area contributed by atoms with Crippen LogP contribution < -0.4 is 0 Å². The third-order valence-electron chi connectivity index (χ3n) is 4.35. The zero-order chi connectivity index (χ0) is 16.2. The fourth-order valence-electron chi connectivity index (χ4n) is 3.02. The lowest BCUT2D eigenvalue weighted by atomic mass is 9.98. The van der Waals surface area contributed by atoms with Crippen LogP contribution in [0.5, 0.6) is 0 Å². The van der Waals surface area contributed by atoms with Gasteiger partial charge in [0.25, 0.3) is 0 Å². The van der Waals surface area contributed by atoms with E-state index in [1.165, 1.54) is 0 Å². The van der Waals surface area contributed by atoms with E-state index in [2.05, 4.69) is 10.4 Å². The lowest BCUT2D eigenvalue weighted by Gasteiger charge is -2.32. The summed E-state index contributed by atoms with van der Waals surface area (Å²) in [5.41, 5.74) is 3.10. The molecule has 2 heterocycles. The molecule has 1 N–H and O–H groups in total. The van der Waals surface area contributed by atoms with Crippen molar-refractivity contribution in [3.05, 3.63) is 40.2 Å². The van der Waals surface area contributed by atoms with E-state index < -0.39 is 0 Å². The van der Waals surface area contributed by atoms with Crippen molar-refractivity contribution in [1.82, 2.24) is 9.88 Å². The van der Waals surface area contributed by atoms with Crippen LogP contribution >= 0.6 is 11.3 Å². The van der Waals surface area contributed by atoms with E-state index in [9.17, 15) is 9.90 Å². The van der Waals surface area contributed by atoms with Gasteiger partial charge in [-0.2, -0.15) is 0 Å². The van der Waals surface area contributed by atoms with Crippen molar-refractivity contribution < 1.29 is 9.90 Å². The highest BCUT2D eigenvalue weighted by Gasteiger charge is 2.23. The summed E-state index contributed by atoms with van der Waals surface area (Å²) in [4.78, 5) is 18.8. The largest absolute Gasteiger partial charge is 0.396 e. The van der Waals surface area contributed by atoms with Crippen molar-refractivity contribution in [3.8, 4) is 11.3 Å². The summed E-state index contributed by atoms with van der Waals surface area (Å²) in [6.45, 7) is 3.67. The lowest BCUT2D eigenvalue weighted by Crippen LogP contribution is -2.41. The number of aliphatic hydroxyl groups is 1. The number of carbonyl (C=O) groups excluding carboxylic acids is 1. The minimum Gasteiger partial charge on any atom is -0.396 e. The van der Waals surface area contributed by atoms with Gasteiger partial charge in [-0.25, -0.2) is 4.98 Å². The van der Waals surface area contributed by atoms with E-state index in [1.807, 2.05) is 36.1 Å². The van der Waals surface area contributed by atoms with Gasteiger partial charge in [0, 0.05) is 30.6 Å². The highest BCUT2D eigenvalue weighted by atomic mass is 32.1. The van der Waals surface area contributed by atoms with Gasteiger partial charge in [0.15, 0.2) is 0 Å². The van der Waals surface area contributed by atoms with Gasteiger partial charge in [-0.15, -0.1) is 11.3 Å². The maximum Gasteiger partial charge on any atom is 0.226 e. The Morgan fingerprint density at radius 3 is 2.83 bits per heavy atom. The molecule has 23 heavy (non-hydrogen) atoms. The predicted molar refractivity (Wildman–Crippen MR) is 92.4 cm³/mol. The van der Waals surface area contributed by atoms with Crippen LogP contribution in [0, 0.1) is 12.8 Å². The quantitative estimate of drug-likeness (QED) is 0.938. The second-order valence-electron chi connectivity index (χ2n) is 6.16. The molecule has 2 aromatic rings. The zero-order valence-electron chi connectivity index (χ0n) is 13.4. The first-order chi connectivity index (χ1) is 11.2. The fraction of sp³-hybridized carbons (Fsp3) is 0.444. The highest BCUT2D eigenvalue weighted by molar-refractivity contribution is 7.09. The Bertz CT molecular complexity index is 666. The van der Waals surface area contributed by atoms with Crippen LogP contribution in [-0.4, -0.2) is 40.6 Å². The number of rotatable bonds is 4. The van der Waals surface area contributed by atoms with Crippen LogP contribution in [0.2, 0.25) is 0 Å². The molecule has 0 aliphatic carbocycles. The second-order valence-corrected chi connectivity index (χ2v) is 7.22. The Balaban J connectivity index is 1.62. The van der Waals surface area contributed by atoms with Gasteiger partial charge in [0.05, 0.1) is 17.1 Å². The van der Waals surface area contributed by atoms with Crippen LogP contribution in [0.15, 0.2) is 29.6 Å². The van der Waals surface area contributed by atoms with Gasteiger partial charge in [-0.05, 0) is 31.2 Å². The van der Waals surface area contributed by atoms with Crippen LogP contribution in [0.25, 0.3) is 11.3 Å². The maximum atomic E-state index is 12.4. The van der Waals surface area contributed by atoms with Crippen molar-refractivity contribution in [2.24, 2.45) is 5.92 Å². The molecule has 1 unspecified atom stereocenters. The molecule has 1 amide bonds. The van der Waals surface area contributed by atoms with Crippen LogP contribution in [-0.2, 0) is 11.2 Å². The molecule has 1 fully saturated rings. The summed E-state index contributed by atoms with van der Waals surface area (Å²) >= 11 is 1.64. The molecule has 0 saturated carbocycles. The molecule has 4 nitrogen and oxygen atoms in total. The highest BCUT2D eigenvalue weighted by Crippen LogP contribution is 2.22. The predicted octanol–water partition coefficient (Wildman–Crippen LogP) is 2.89. The standard InChI is InChI=1S/C18H22N2O2S/c1-13-19-17(12-23-13)16-6-4-14(5-7-16)9-18(22)20-8-2-3-15(10-20)11-21/h4-7,12,15,21H,2-3,8-11H2,1H3. The summed E-state index contributed by atoms with van der Waals surface area (Å²) in [6.07, 6.45) is 2.43. The summed E-state index contributed by atoms with van der Waals surface area (Å²) < 4.78 is 0. The Morgan fingerprint density at radius 2 is 2.17 bits per heavy atom. The summed E-state index contributed by atoms with van der Waals surface area (Å²) in [6, 6.07) is 8.08. The smallest absolute Gasteiger partial charge is 0.226 e. The molecule has 122 valence electrons. The Labute approximate surface area is 140 Å². The number of piperidine rings is 1. The molecule has 1 aliphatic rings. The average molecular weight is 330 g/mol. The van der Waals surface area contributed by atoms with Crippen LogP contribution in [0.3, 0.4) is 0 Å². The number of hydrogen-bond donors (Lipinski definition) is 1. The molecule has 1 atom stereocenters. The van der Waals surface area contributed by atoms with E-state index in [4.69, 9.17) is 0 Å². The Kier molecular flexibility index (Phi) is 5.08. The molecule has 1 aromatic carbocycles. The minimum atomic E-state index is 0.153. The van der Waals surface area contributed by atoms with Crippen molar-refractivity contribution in [2.75, 3.05) is 19.7 Å². The molecule has 3 rings (SSSR count). The zero-order valence-corrected chi connectivity index (χ0v) is 14.2. The number of thiazole rings is 1. The third-order valence-corrected chi connectivity index (χ3v) is 5.13. The molecule has 0 bridgehead atoms. The van der Waals surface area contributed by atoms with E-state index in [1.54, 1.807) is 11.3 Å². The number of amides is 1. The molecular formula is C18H22N2O2S. The first-order valence-electron chi connectivity index (χ1n) is 8.06. The Morgan fingerprint density at radius 1 is 1.39 bits per heavy atom. The number of carbonyl (C=O) groups is 1. The molecule has 0 radical (unpaired) electrons. The topological polar surface area (TPSA) is 53.4 Å². The number of aromatic nitrogens is 1. The number of aryl methyl sites for hydroxylation is 1. The van der Waals surface area contributed by atoms with Crippen molar-refractivity contribution in [2.45, 2.75) is 26.2 Å². The second kappa shape index (κ2) is 7.23. The lowest BCUT2D eigenvalue weighted by molar-refractivity contribution is -0.132. The molecular weight excluding hydrogens is 308 g/mol. The van der Waals surface area contributed by atoms with Crippen molar-refractivity contribution >= 4 is 17.2 Å². The van der Waals surface area contributed by atoms with Crippen LogP contribution in [0.1, 0.15) is 23.4 Å². The van der Waals surface area contributed by atoms with Gasteiger partial charge in [-0.1, -0.05) is 24.3 Å². The van der Waals surface area contributed by atoms with Gasteiger partial charge >= 0.3 is 0 Å². The SMILES string of the molecule is Cc1nc(-c2ccc(CC(=O)N3CCCC(CO)C3)cc2)cs1. The average Bonchev–Trinajstić information content (AvgIpc) is 3.02. The van der Waals surface area contributed by atoms with E-state index >= 15 is 0 Å². The molecule has 1 aliphatic heterocycles. The Hall–Kier alpha value is -1.72. The number of aliphatic hydroxyl groups excluding tert-OH is 1. The fourth-order valence-corrected chi connectivity index (χ4v) is 3.64. The first kappa shape index (κ1) is 16.1. The van der Waals surface area contributed by atoms with Gasteiger partial charge in [-0.3, -0.25) is 4.79 Å². The van der Waals surface area contributed by atoms with E-state index in [0.717, 1.165) is 41.2 Å². The number of benzene rings is 1. The monoisotopic (exact) mass is 330 g/mol. The van der Waals surface area contributed by atoms with Crippen LogP contribution in [0.4, 0.5) is 0 Å².